The van der Waals surface area contributed by atoms with Crippen LogP contribution in [0, 0.1) is 12.8 Å². The number of aliphatic hydroxyl groups is 1. The summed E-state index contributed by atoms with van der Waals surface area (Å²) in [6, 6.07) is 5.72. The van der Waals surface area contributed by atoms with E-state index in [2.05, 4.69) is 20.6 Å². The molecule has 0 bridgehead atoms. The summed E-state index contributed by atoms with van der Waals surface area (Å²) >= 11 is 0. The number of carbonyl (C=O) groups is 2. The second kappa shape index (κ2) is 10.2. The first-order valence-corrected chi connectivity index (χ1v) is 13.3. The Bertz CT molecular complexity index is 1370. The van der Waals surface area contributed by atoms with Crippen molar-refractivity contribution >= 4 is 22.8 Å². The molecule has 6 rings (SSSR count). The number of nitrogens with one attached hydrogen (secondary N) is 3. The number of aliphatic hydroxyl groups excluding tert-OH is 1. The Morgan fingerprint density at radius 1 is 1.08 bits per heavy atom. The predicted octanol–water partition coefficient (Wildman–Crippen LogP) is 3.21. The number of hydrogen-bond acceptors (Lipinski definition) is 7. The van der Waals surface area contributed by atoms with E-state index >= 15 is 0 Å². The Morgan fingerprint density at radius 3 is 2.58 bits per heavy atom. The molecule has 0 radical (unpaired) electrons. The number of aromatic amines is 1. The molecule has 3 aromatic rings. The molecule has 2 fully saturated rings. The Balaban J connectivity index is 1.27. The average Bonchev–Trinajstić information content (AvgIpc) is 3.51. The van der Waals surface area contributed by atoms with Gasteiger partial charge in [-0.1, -0.05) is 0 Å². The molecule has 0 spiro atoms. The number of nitrogens with zero attached hydrogens (tertiary/aromatic N) is 1. The Labute approximate surface area is 220 Å². The van der Waals surface area contributed by atoms with E-state index in [1.54, 1.807) is 6.20 Å². The smallest absolute Gasteiger partial charge is 0.255 e. The lowest BCUT2D eigenvalue weighted by Crippen LogP contribution is -2.44. The van der Waals surface area contributed by atoms with Crippen LogP contribution in [0.15, 0.2) is 24.4 Å². The van der Waals surface area contributed by atoms with E-state index in [-0.39, 0.29) is 30.7 Å². The van der Waals surface area contributed by atoms with Gasteiger partial charge in [-0.25, -0.2) is 0 Å². The number of H-pyrrole nitrogens is 1. The molecule has 1 aliphatic heterocycles. The quantitative estimate of drug-likeness (QED) is 0.358. The number of rotatable bonds is 8. The summed E-state index contributed by atoms with van der Waals surface area (Å²) in [7, 11) is 0. The number of benzene rings is 1. The Kier molecular flexibility index (Phi) is 6.57. The maximum atomic E-state index is 13.5. The van der Waals surface area contributed by atoms with Gasteiger partial charge in [-0.2, -0.15) is 0 Å². The third-order valence-electron chi connectivity index (χ3n) is 7.62. The van der Waals surface area contributed by atoms with E-state index in [0.29, 0.717) is 35.1 Å². The van der Waals surface area contributed by atoms with Crippen molar-refractivity contribution in [2.24, 2.45) is 5.92 Å². The van der Waals surface area contributed by atoms with Gasteiger partial charge in [-0.05, 0) is 69.6 Å². The monoisotopic (exact) mass is 520 g/mol. The predicted molar refractivity (Wildman–Crippen MR) is 139 cm³/mol. The molecular formula is C28H32N4O6. The van der Waals surface area contributed by atoms with E-state index in [1.807, 2.05) is 25.1 Å². The highest BCUT2D eigenvalue weighted by molar-refractivity contribution is 6.10. The Morgan fingerprint density at radius 2 is 1.84 bits per heavy atom. The van der Waals surface area contributed by atoms with E-state index in [0.717, 1.165) is 53.8 Å². The molecule has 0 saturated heterocycles. The number of amides is 2. The molecule has 38 heavy (non-hydrogen) atoms. The summed E-state index contributed by atoms with van der Waals surface area (Å²) in [6.07, 6.45) is 7.07. The molecule has 0 unspecified atom stereocenters. The van der Waals surface area contributed by atoms with Gasteiger partial charge < -0.3 is 34.9 Å². The fourth-order valence-electron chi connectivity index (χ4n) is 5.43. The van der Waals surface area contributed by atoms with Crippen molar-refractivity contribution in [1.82, 2.24) is 20.6 Å². The normalized spacial score (nSPS) is 20.4. The second-order valence-corrected chi connectivity index (χ2v) is 10.4. The molecule has 2 amide bonds. The maximum Gasteiger partial charge on any atom is 0.255 e. The standard InChI is InChI=1S/C28H32N4O6/c1-15-23(28(35)32-18-6-4-17(5-7-18)31-22(34)12-33)26-25(30-15)19(10-11-29-26)24-20(36-13-16-2-3-16)8-9-21-27(24)38-14-37-21/h8-11,16-18,30,33H,2-7,12-14H2,1H3,(H,31,34)(H,32,35). The lowest BCUT2D eigenvalue weighted by atomic mass is 9.91. The zero-order chi connectivity index (χ0) is 26.2. The van der Waals surface area contributed by atoms with E-state index in [1.165, 1.54) is 12.8 Å². The lowest BCUT2D eigenvalue weighted by Gasteiger charge is -2.29. The van der Waals surface area contributed by atoms with Crippen molar-refractivity contribution in [2.45, 2.75) is 57.5 Å². The molecule has 10 heteroatoms. The number of aryl methyl sites for hydroxylation is 1. The minimum atomic E-state index is -0.509. The van der Waals surface area contributed by atoms with Gasteiger partial charge in [0.15, 0.2) is 11.5 Å². The van der Waals surface area contributed by atoms with Crippen LogP contribution in [0.2, 0.25) is 0 Å². The van der Waals surface area contributed by atoms with E-state index in [4.69, 9.17) is 19.3 Å². The van der Waals surface area contributed by atoms with Gasteiger partial charge in [-0.3, -0.25) is 14.6 Å². The van der Waals surface area contributed by atoms with Crippen LogP contribution < -0.4 is 24.8 Å². The highest BCUT2D eigenvalue weighted by atomic mass is 16.7. The molecule has 0 atom stereocenters. The minimum Gasteiger partial charge on any atom is -0.493 e. The zero-order valence-electron chi connectivity index (χ0n) is 21.3. The van der Waals surface area contributed by atoms with Gasteiger partial charge in [0.2, 0.25) is 12.7 Å². The van der Waals surface area contributed by atoms with Crippen molar-refractivity contribution in [1.29, 1.82) is 0 Å². The summed E-state index contributed by atoms with van der Waals surface area (Å²) in [4.78, 5) is 32.9. The van der Waals surface area contributed by atoms with Crippen LogP contribution in [0.4, 0.5) is 0 Å². The van der Waals surface area contributed by atoms with Gasteiger partial charge in [-0.15, -0.1) is 0 Å². The number of pyridine rings is 1. The lowest BCUT2D eigenvalue weighted by molar-refractivity contribution is -0.124. The fourth-order valence-corrected chi connectivity index (χ4v) is 5.43. The van der Waals surface area contributed by atoms with Crippen molar-refractivity contribution < 1.29 is 28.9 Å². The maximum absolute atomic E-state index is 13.5. The van der Waals surface area contributed by atoms with Crippen LogP contribution in [0.25, 0.3) is 22.2 Å². The van der Waals surface area contributed by atoms with Crippen molar-refractivity contribution in [3.8, 4) is 28.4 Å². The number of fused-ring (bicyclic) bond motifs is 2. The van der Waals surface area contributed by atoms with Gasteiger partial charge >= 0.3 is 0 Å². The zero-order valence-corrected chi connectivity index (χ0v) is 21.3. The highest BCUT2D eigenvalue weighted by Crippen LogP contribution is 2.49. The SMILES string of the molecule is Cc1[nH]c2c(-c3c(OCC4CC4)ccc4c3OCO4)ccnc2c1C(=O)NC1CCC(NC(=O)CO)CC1. The molecule has 10 nitrogen and oxygen atoms in total. The first-order valence-electron chi connectivity index (χ1n) is 13.3. The molecule has 2 aromatic heterocycles. The molecule has 2 saturated carbocycles. The van der Waals surface area contributed by atoms with Crippen LogP contribution in [-0.2, 0) is 4.79 Å². The molecule has 1 aromatic carbocycles. The third-order valence-corrected chi connectivity index (χ3v) is 7.62. The molecule has 2 aliphatic carbocycles. The first-order chi connectivity index (χ1) is 18.5. The van der Waals surface area contributed by atoms with Crippen LogP contribution in [0.1, 0.15) is 54.6 Å². The molecule has 200 valence electrons. The summed E-state index contributed by atoms with van der Waals surface area (Å²) in [5.74, 6) is 2.07. The van der Waals surface area contributed by atoms with Gasteiger partial charge in [0.1, 0.15) is 17.9 Å². The van der Waals surface area contributed by atoms with Gasteiger partial charge in [0.25, 0.3) is 5.91 Å². The number of carbonyl (C=O) groups excluding carboxylic acids is 2. The highest BCUT2D eigenvalue weighted by Gasteiger charge is 2.30. The fraction of sp³-hybridized carbons (Fsp3) is 0.464. The summed E-state index contributed by atoms with van der Waals surface area (Å²) < 4.78 is 17.7. The summed E-state index contributed by atoms with van der Waals surface area (Å²) in [5.41, 5.74) is 4.21. The van der Waals surface area contributed by atoms with Gasteiger partial charge in [0, 0.05) is 29.5 Å². The minimum absolute atomic E-state index is 0.00248. The van der Waals surface area contributed by atoms with Crippen molar-refractivity contribution in [2.75, 3.05) is 20.0 Å². The van der Waals surface area contributed by atoms with Crippen LogP contribution in [0.3, 0.4) is 0 Å². The van der Waals surface area contributed by atoms with E-state index < -0.39 is 6.61 Å². The summed E-state index contributed by atoms with van der Waals surface area (Å²) in [6.45, 7) is 2.17. The largest absolute Gasteiger partial charge is 0.493 e. The number of hydrogen-bond donors (Lipinski definition) is 4. The summed E-state index contributed by atoms with van der Waals surface area (Å²) in [5, 5.41) is 14.9. The molecule has 4 N–H and O–H groups in total. The Hall–Kier alpha value is -3.79. The van der Waals surface area contributed by atoms with Crippen molar-refractivity contribution in [3.05, 3.63) is 35.7 Å². The topological polar surface area (TPSA) is 135 Å². The molecule has 3 aliphatic rings. The first kappa shape index (κ1) is 24.5. The molecular weight excluding hydrogens is 488 g/mol. The average molecular weight is 521 g/mol. The number of ether oxygens (including phenoxy) is 3. The van der Waals surface area contributed by atoms with E-state index in [9.17, 15) is 9.59 Å². The number of aromatic nitrogens is 2. The molecule has 3 heterocycles. The van der Waals surface area contributed by atoms with Gasteiger partial charge in [0.05, 0.1) is 23.3 Å². The van der Waals surface area contributed by atoms with Crippen LogP contribution in [0.5, 0.6) is 17.2 Å². The van der Waals surface area contributed by atoms with Crippen LogP contribution >= 0.6 is 0 Å². The van der Waals surface area contributed by atoms with Crippen LogP contribution in [-0.4, -0.2) is 59.0 Å². The second-order valence-electron chi connectivity index (χ2n) is 10.4. The van der Waals surface area contributed by atoms with Crippen molar-refractivity contribution in [3.63, 3.8) is 0 Å². The third kappa shape index (κ3) is 4.76.